The number of rotatable bonds is 3. The van der Waals surface area contributed by atoms with Crippen molar-refractivity contribution in [3.8, 4) is 0 Å². The maximum absolute atomic E-state index is 2.58. The average Bonchev–Trinajstić information content (AvgIpc) is 3.42. The van der Waals surface area contributed by atoms with Crippen molar-refractivity contribution in [3.63, 3.8) is 0 Å². The Morgan fingerprint density at radius 1 is 0.440 bits per heavy atom. The first-order valence-electron chi connectivity index (χ1n) is 12.2. The summed E-state index contributed by atoms with van der Waals surface area (Å²) < 4.78 is 0. The second-order valence-electron chi connectivity index (χ2n) is 11.0. The third-order valence-electron chi connectivity index (χ3n) is 9.16. The first-order chi connectivity index (χ1) is 12.2. The third-order valence-corrected chi connectivity index (χ3v) is 9.16. The fourth-order valence-electron chi connectivity index (χ4n) is 7.32. The van der Waals surface area contributed by atoms with Crippen molar-refractivity contribution in [2.24, 2.45) is 47.3 Å². The van der Waals surface area contributed by atoms with Crippen LogP contribution in [0.4, 0.5) is 0 Å². The van der Waals surface area contributed by atoms with Crippen molar-refractivity contribution < 1.29 is 0 Å². The highest BCUT2D eigenvalue weighted by Crippen LogP contribution is 2.51. The molecule has 0 bridgehead atoms. The normalized spacial score (nSPS) is 47.0. The summed E-state index contributed by atoms with van der Waals surface area (Å²) in [6.45, 7) is 5.07. The highest BCUT2D eigenvalue weighted by molar-refractivity contribution is 4.90. The van der Waals surface area contributed by atoms with E-state index in [-0.39, 0.29) is 0 Å². The van der Waals surface area contributed by atoms with Gasteiger partial charge < -0.3 is 0 Å². The van der Waals surface area contributed by atoms with E-state index in [1.54, 1.807) is 64.2 Å². The lowest BCUT2D eigenvalue weighted by Gasteiger charge is -2.41. The van der Waals surface area contributed by atoms with Crippen LogP contribution in [0.1, 0.15) is 110 Å². The van der Waals surface area contributed by atoms with Gasteiger partial charge in [-0.3, -0.25) is 0 Å². The molecule has 0 spiro atoms. The van der Waals surface area contributed by atoms with Gasteiger partial charge in [0.05, 0.1) is 0 Å². The smallest absolute Gasteiger partial charge is 0.0360 e. The van der Waals surface area contributed by atoms with Crippen molar-refractivity contribution in [2.75, 3.05) is 0 Å². The van der Waals surface area contributed by atoms with Gasteiger partial charge in [0.2, 0.25) is 0 Å². The molecule has 4 rings (SSSR count). The minimum atomic E-state index is 1.02. The summed E-state index contributed by atoms with van der Waals surface area (Å²) in [5.74, 6) is 8.67. The molecule has 0 saturated heterocycles. The molecule has 0 N–H and O–H groups in total. The molecule has 0 radical (unpaired) electrons. The molecule has 0 aromatic carbocycles. The molecular weight excluding hydrogens is 300 g/mol. The van der Waals surface area contributed by atoms with Crippen molar-refractivity contribution in [3.05, 3.63) is 0 Å². The van der Waals surface area contributed by atoms with Crippen LogP contribution in [0.15, 0.2) is 0 Å². The van der Waals surface area contributed by atoms with Crippen LogP contribution in [0, 0.1) is 47.3 Å². The first kappa shape index (κ1) is 18.4. The Kier molecular flexibility index (Phi) is 6.13. The average molecular weight is 345 g/mol. The van der Waals surface area contributed by atoms with Crippen molar-refractivity contribution in [2.45, 2.75) is 110 Å². The summed E-state index contributed by atoms with van der Waals surface area (Å²) in [6.07, 6.45) is 23.4. The predicted octanol–water partition coefficient (Wildman–Crippen LogP) is 7.86. The van der Waals surface area contributed by atoms with E-state index in [1.807, 2.05) is 0 Å². The van der Waals surface area contributed by atoms with E-state index in [4.69, 9.17) is 0 Å². The first-order valence-corrected chi connectivity index (χ1v) is 12.2. The highest BCUT2D eigenvalue weighted by Gasteiger charge is 2.40. The molecule has 5 unspecified atom stereocenters. The topological polar surface area (TPSA) is 0 Å². The van der Waals surface area contributed by atoms with E-state index in [0.717, 1.165) is 47.3 Å². The lowest BCUT2D eigenvalue weighted by molar-refractivity contribution is 0.0920. The molecule has 0 aliphatic heterocycles. The van der Waals surface area contributed by atoms with Gasteiger partial charge in [0.15, 0.2) is 0 Å². The van der Waals surface area contributed by atoms with Gasteiger partial charge in [0.25, 0.3) is 0 Å². The van der Waals surface area contributed by atoms with E-state index < -0.39 is 0 Å². The van der Waals surface area contributed by atoms with E-state index in [0.29, 0.717) is 0 Å². The Morgan fingerprint density at radius 2 is 1.04 bits per heavy atom. The molecule has 5 atom stereocenters. The van der Waals surface area contributed by atoms with E-state index in [9.17, 15) is 0 Å². The van der Waals surface area contributed by atoms with Gasteiger partial charge in [-0.25, -0.2) is 0 Å². The third kappa shape index (κ3) is 4.65. The largest absolute Gasteiger partial charge is 0.0625 e. The Labute approximate surface area is 157 Å². The highest BCUT2D eigenvalue weighted by atomic mass is 14.5. The van der Waals surface area contributed by atoms with Gasteiger partial charge in [0, 0.05) is 0 Å². The lowest BCUT2D eigenvalue weighted by Crippen LogP contribution is -2.31. The summed E-state index contributed by atoms with van der Waals surface area (Å²) in [5, 5.41) is 0. The van der Waals surface area contributed by atoms with Gasteiger partial charge in [-0.05, 0) is 92.3 Å². The van der Waals surface area contributed by atoms with Gasteiger partial charge in [0.1, 0.15) is 0 Å². The summed E-state index contributed by atoms with van der Waals surface area (Å²) >= 11 is 0. The molecule has 25 heavy (non-hydrogen) atoms. The summed E-state index contributed by atoms with van der Waals surface area (Å²) in [4.78, 5) is 0. The van der Waals surface area contributed by atoms with Crippen molar-refractivity contribution in [1.29, 1.82) is 0 Å². The molecule has 0 nitrogen and oxygen atoms in total. The number of hydrogen-bond acceptors (Lipinski definition) is 0. The Bertz CT molecular complexity index is 400. The predicted molar refractivity (Wildman–Crippen MR) is 109 cm³/mol. The lowest BCUT2D eigenvalue weighted by atomic mass is 9.64. The van der Waals surface area contributed by atoms with E-state index in [1.165, 1.54) is 32.1 Å². The van der Waals surface area contributed by atoms with Gasteiger partial charge >= 0.3 is 0 Å². The van der Waals surface area contributed by atoms with Gasteiger partial charge in [-0.2, -0.15) is 0 Å². The zero-order valence-electron chi connectivity index (χ0n) is 17.2. The van der Waals surface area contributed by atoms with Crippen molar-refractivity contribution in [1.82, 2.24) is 0 Å². The van der Waals surface area contributed by atoms with Crippen LogP contribution < -0.4 is 0 Å². The van der Waals surface area contributed by atoms with Crippen LogP contribution in [0.3, 0.4) is 0 Å². The SMILES string of the molecule is CC1CCC(C2CCCC(C3CCCCC3C)CC(C3CC3)C2)CC1. The molecule has 0 amide bonds. The Balaban J connectivity index is 1.39. The van der Waals surface area contributed by atoms with E-state index in [2.05, 4.69) is 13.8 Å². The van der Waals surface area contributed by atoms with Crippen molar-refractivity contribution >= 4 is 0 Å². The molecule has 4 fully saturated rings. The van der Waals surface area contributed by atoms with Gasteiger partial charge in [-0.15, -0.1) is 0 Å². The molecule has 0 aromatic rings. The molecule has 4 aliphatic rings. The van der Waals surface area contributed by atoms with Crippen LogP contribution in [-0.2, 0) is 0 Å². The maximum atomic E-state index is 2.58. The minimum absolute atomic E-state index is 1.02. The fourth-order valence-corrected chi connectivity index (χ4v) is 7.32. The fraction of sp³-hybridized carbons (Fsp3) is 1.00. The number of hydrogen-bond donors (Lipinski definition) is 0. The monoisotopic (exact) mass is 344 g/mol. The molecule has 0 aromatic heterocycles. The standard InChI is InChI=1S/C25H44/c1-18-10-12-20(13-11-18)22-7-5-8-23(17-24(16-22)21-14-15-21)25-9-4-3-6-19(25)2/h18-25H,3-17H2,1-2H3. The Hall–Kier alpha value is 0. The zero-order chi connectivity index (χ0) is 17.2. The maximum Gasteiger partial charge on any atom is -0.0360 e. The van der Waals surface area contributed by atoms with Crippen LogP contribution in [0.25, 0.3) is 0 Å². The molecule has 0 heteroatoms. The van der Waals surface area contributed by atoms with Crippen LogP contribution in [-0.4, -0.2) is 0 Å². The summed E-state index contributed by atoms with van der Waals surface area (Å²) in [5.41, 5.74) is 0. The molecular formula is C25H44. The summed E-state index contributed by atoms with van der Waals surface area (Å²) in [6, 6.07) is 0. The molecule has 144 valence electrons. The zero-order valence-corrected chi connectivity index (χ0v) is 17.2. The summed E-state index contributed by atoms with van der Waals surface area (Å²) in [7, 11) is 0. The second kappa shape index (κ2) is 8.35. The minimum Gasteiger partial charge on any atom is -0.0625 e. The molecule has 4 saturated carbocycles. The second-order valence-corrected chi connectivity index (χ2v) is 11.0. The van der Waals surface area contributed by atoms with Gasteiger partial charge in [-0.1, -0.05) is 65.2 Å². The molecule has 4 aliphatic carbocycles. The Morgan fingerprint density at radius 3 is 1.76 bits per heavy atom. The van der Waals surface area contributed by atoms with E-state index >= 15 is 0 Å². The van der Waals surface area contributed by atoms with Crippen LogP contribution in [0.2, 0.25) is 0 Å². The van der Waals surface area contributed by atoms with Crippen LogP contribution >= 0.6 is 0 Å². The van der Waals surface area contributed by atoms with Crippen LogP contribution in [0.5, 0.6) is 0 Å². The molecule has 0 heterocycles. The quantitative estimate of drug-likeness (QED) is 0.488.